The number of esters is 1. The van der Waals surface area contributed by atoms with Crippen LogP contribution in [0.15, 0.2) is 42.5 Å². The van der Waals surface area contributed by atoms with E-state index in [9.17, 15) is 13.2 Å². The standard InChI is InChI=1S/C21H19ClN4O5S/c1-25(2)32(28,29)26-16-6-5-7-17(30-3)19(16)24-20(26)18-14(21(27)31-4)11-12-10-13(22)8-9-15(12)23-18/h5-11H,1-4H3. The molecule has 11 heteroatoms. The fourth-order valence-electron chi connectivity index (χ4n) is 3.35. The van der Waals surface area contributed by atoms with E-state index >= 15 is 0 Å². The van der Waals surface area contributed by atoms with Gasteiger partial charge in [-0.25, -0.2) is 18.7 Å². The molecule has 9 nitrogen and oxygen atoms in total. The lowest BCUT2D eigenvalue weighted by atomic mass is 10.1. The van der Waals surface area contributed by atoms with Gasteiger partial charge in [-0.3, -0.25) is 0 Å². The van der Waals surface area contributed by atoms with E-state index in [2.05, 4.69) is 9.97 Å². The molecule has 2 aromatic carbocycles. The van der Waals surface area contributed by atoms with Gasteiger partial charge in [-0.15, -0.1) is 0 Å². The van der Waals surface area contributed by atoms with Gasteiger partial charge in [0.1, 0.15) is 17.0 Å². The lowest BCUT2D eigenvalue weighted by Gasteiger charge is -2.16. The molecule has 0 saturated carbocycles. The van der Waals surface area contributed by atoms with Crippen molar-refractivity contribution in [1.29, 1.82) is 0 Å². The molecular weight excluding hydrogens is 456 g/mol. The second-order valence-corrected chi connectivity index (χ2v) is 9.46. The van der Waals surface area contributed by atoms with E-state index in [1.807, 2.05) is 0 Å². The lowest BCUT2D eigenvalue weighted by molar-refractivity contribution is 0.0601. The summed E-state index contributed by atoms with van der Waals surface area (Å²) in [5.41, 5.74) is 1.19. The third-order valence-electron chi connectivity index (χ3n) is 4.91. The zero-order valence-corrected chi connectivity index (χ0v) is 19.2. The summed E-state index contributed by atoms with van der Waals surface area (Å²) in [6.45, 7) is 0. The van der Waals surface area contributed by atoms with Crippen LogP contribution < -0.4 is 4.74 Å². The van der Waals surface area contributed by atoms with Crippen LogP contribution in [0.3, 0.4) is 0 Å². The Morgan fingerprint density at radius 1 is 1.09 bits per heavy atom. The highest BCUT2D eigenvalue weighted by atomic mass is 35.5. The fraction of sp³-hybridized carbons (Fsp3) is 0.190. The van der Waals surface area contributed by atoms with Gasteiger partial charge in [0.25, 0.3) is 0 Å². The maximum absolute atomic E-state index is 13.3. The molecule has 4 rings (SSSR count). The molecule has 32 heavy (non-hydrogen) atoms. The molecule has 0 fully saturated rings. The van der Waals surface area contributed by atoms with Gasteiger partial charge < -0.3 is 9.47 Å². The largest absolute Gasteiger partial charge is 0.494 e. The number of benzene rings is 2. The van der Waals surface area contributed by atoms with Crippen LogP contribution in [-0.2, 0) is 14.9 Å². The van der Waals surface area contributed by atoms with E-state index in [0.29, 0.717) is 27.2 Å². The first-order chi connectivity index (χ1) is 15.2. The topological polar surface area (TPSA) is 104 Å². The van der Waals surface area contributed by atoms with Gasteiger partial charge in [-0.05, 0) is 36.4 Å². The van der Waals surface area contributed by atoms with Gasteiger partial charge in [0.15, 0.2) is 5.82 Å². The zero-order valence-electron chi connectivity index (χ0n) is 17.7. The number of nitrogens with zero attached hydrogens (tertiary/aromatic N) is 4. The number of halogens is 1. The minimum Gasteiger partial charge on any atom is -0.494 e. The van der Waals surface area contributed by atoms with E-state index in [1.165, 1.54) is 28.3 Å². The highest BCUT2D eigenvalue weighted by Gasteiger charge is 2.30. The average Bonchev–Trinajstić information content (AvgIpc) is 3.17. The van der Waals surface area contributed by atoms with Crippen LogP contribution in [0.4, 0.5) is 0 Å². The van der Waals surface area contributed by atoms with E-state index in [0.717, 1.165) is 8.28 Å². The summed E-state index contributed by atoms with van der Waals surface area (Å²) in [6, 6.07) is 11.5. The van der Waals surface area contributed by atoms with Crippen molar-refractivity contribution in [3.05, 3.63) is 53.1 Å². The van der Waals surface area contributed by atoms with Crippen LogP contribution in [-0.4, -0.2) is 60.9 Å². The SMILES string of the molecule is COC(=O)c1cc2cc(Cl)ccc2nc1-c1nc2c(OC)cccc2n1S(=O)(=O)N(C)C. The third kappa shape index (κ3) is 3.46. The van der Waals surface area contributed by atoms with Gasteiger partial charge in [-0.2, -0.15) is 12.7 Å². The first-order valence-corrected chi connectivity index (χ1v) is 11.1. The summed E-state index contributed by atoms with van der Waals surface area (Å²) >= 11 is 6.09. The van der Waals surface area contributed by atoms with Crippen molar-refractivity contribution in [2.45, 2.75) is 0 Å². The molecule has 166 valence electrons. The lowest BCUT2D eigenvalue weighted by Crippen LogP contribution is -2.29. The van der Waals surface area contributed by atoms with Crippen molar-refractivity contribution in [2.24, 2.45) is 0 Å². The zero-order chi connectivity index (χ0) is 23.2. The quantitative estimate of drug-likeness (QED) is 0.408. The van der Waals surface area contributed by atoms with Crippen molar-refractivity contribution >= 4 is 49.7 Å². The number of fused-ring (bicyclic) bond motifs is 2. The van der Waals surface area contributed by atoms with E-state index in [4.69, 9.17) is 21.1 Å². The molecule has 0 saturated heterocycles. The fourth-order valence-corrected chi connectivity index (χ4v) is 4.60. The van der Waals surface area contributed by atoms with Crippen molar-refractivity contribution in [3.63, 3.8) is 0 Å². The normalized spacial score (nSPS) is 11.9. The Morgan fingerprint density at radius 2 is 1.84 bits per heavy atom. The van der Waals surface area contributed by atoms with Gasteiger partial charge in [0.05, 0.1) is 30.8 Å². The molecule has 0 spiro atoms. The second kappa shape index (κ2) is 8.05. The molecular formula is C21H19ClN4O5S. The highest BCUT2D eigenvalue weighted by Crippen LogP contribution is 2.34. The van der Waals surface area contributed by atoms with Gasteiger partial charge in [0.2, 0.25) is 0 Å². The minimum atomic E-state index is -4.05. The highest BCUT2D eigenvalue weighted by molar-refractivity contribution is 7.87. The van der Waals surface area contributed by atoms with Crippen LogP contribution in [0.2, 0.25) is 5.02 Å². The predicted molar refractivity (Wildman–Crippen MR) is 121 cm³/mol. The summed E-state index contributed by atoms with van der Waals surface area (Å²) in [6.07, 6.45) is 0. The predicted octanol–water partition coefficient (Wildman–Crippen LogP) is 3.35. The van der Waals surface area contributed by atoms with Crippen molar-refractivity contribution in [2.75, 3.05) is 28.3 Å². The number of hydrogen-bond donors (Lipinski definition) is 0. The molecule has 0 amide bonds. The minimum absolute atomic E-state index is 0.0459. The maximum Gasteiger partial charge on any atom is 0.340 e. The molecule has 0 N–H and O–H groups in total. The Kier molecular flexibility index (Phi) is 5.53. The average molecular weight is 475 g/mol. The van der Waals surface area contributed by atoms with E-state index < -0.39 is 16.2 Å². The molecule has 0 atom stereocenters. The Morgan fingerprint density at radius 3 is 2.50 bits per heavy atom. The first kappa shape index (κ1) is 22.0. The number of ether oxygens (including phenoxy) is 2. The van der Waals surface area contributed by atoms with Crippen molar-refractivity contribution in [1.82, 2.24) is 18.2 Å². The molecule has 4 aromatic rings. The Hall–Kier alpha value is -3.21. The van der Waals surface area contributed by atoms with Crippen LogP contribution in [0.1, 0.15) is 10.4 Å². The number of pyridine rings is 1. The van der Waals surface area contributed by atoms with Crippen LogP contribution >= 0.6 is 11.6 Å². The van der Waals surface area contributed by atoms with Crippen molar-refractivity contribution < 1.29 is 22.7 Å². The Balaban J connectivity index is 2.18. The second-order valence-electron chi connectivity index (χ2n) is 7.03. The van der Waals surface area contributed by atoms with E-state index in [-0.39, 0.29) is 22.6 Å². The van der Waals surface area contributed by atoms with E-state index in [1.54, 1.807) is 42.5 Å². The van der Waals surface area contributed by atoms with Crippen LogP contribution in [0.25, 0.3) is 33.5 Å². The molecule has 0 bridgehead atoms. The molecule has 0 radical (unpaired) electrons. The molecule has 0 aliphatic carbocycles. The smallest absolute Gasteiger partial charge is 0.340 e. The molecule has 0 aliphatic rings. The summed E-state index contributed by atoms with van der Waals surface area (Å²) in [7, 11) is 1.45. The monoisotopic (exact) mass is 474 g/mol. The number of carbonyl (C=O) groups excluding carboxylic acids is 1. The summed E-state index contributed by atoms with van der Waals surface area (Å²) < 4.78 is 39.0. The third-order valence-corrected chi connectivity index (χ3v) is 6.90. The number of methoxy groups -OCH3 is 2. The number of rotatable bonds is 5. The van der Waals surface area contributed by atoms with Crippen LogP contribution in [0.5, 0.6) is 5.75 Å². The molecule has 2 aromatic heterocycles. The first-order valence-electron chi connectivity index (χ1n) is 9.36. The molecule has 0 unspecified atom stereocenters. The summed E-state index contributed by atoms with van der Waals surface area (Å²) in [5, 5.41) is 1.06. The Labute approximate surface area is 189 Å². The number of hydrogen-bond acceptors (Lipinski definition) is 7. The Bertz CT molecular complexity index is 1480. The number of imidazole rings is 1. The van der Waals surface area contributed by atoms with Gasteiger partial charge >= 0.3 is 16.2 Å². The molecule has 2 heterocycles. The summed E-state index contributed by atoms with van der Waals surface area (Å²) in [5.74, 6) is -0.360. The summed E-state index contributed by atoms with van der Waals surface area (Å²) in [4.78, 5) is 21.8. The van der Waals surface area contributed by atoms with Gasteiger partial charge in [0, 0.05) is 24.5 Å². The van der Waals surface area contributed by atoms with Crippen molar-refractivity contribution in [3.8, 4) is 17.3 Å². The number of para-hydroxylation sites is 1. The maximum atomic E-state index is 13.3. The molecule has 0 aliphatic heterocycles. The number of aromatic nitrogens is 3. The number of carbonyl (C=O) groups is 1. The van der Waals surface area contributed by atoms with Gasteiger partial charge in [-0.1, -0.05) is 17.7 Å². The van der Waals surface area contributed by atoms with Crippen LogP contribution in [0, 0.1) is 0 Å².